The van der Waals surface area contributed by atoms with Crippen LogP contribution < -0.4 is 5.32 Å². The van der Waals surface area contributed by atoms with Crippen molar-refractivity contribution >= 4 is 35.0 Å². The monoisotopic (exact) mass is 612 g/mol. The van der Waals surface area contributed by atoms with Crippen LogP contribution in [-0.2, 0) is 22.6 Å². The second-order valence-electron chi connectivity index (χ2n) is 11.4. The predicted molar refractivity (Wildman–Crippen MR) is 175 cm³/mol. The third-order valence-electron chi connectivity index (χ3n) is 8.34. The van der Waals surface area contributed by atoms with Crippen LogP contribution in [0.1, 0.15) is 66.7 Å². The van der Waals surface area contributed by atoms with Crippen LogP contribution in [0.4, 0.5) is 0 Å². The van der Waals surface area contributed by atoms with E-state index in [-0.39, 0.29) is 36.7 Å². The standard InChI is InChI=1S/C37H38Cl2N2O2/c38-33-22-21-28(23-34(33)39)26-41(36(42)25-32(29-15-7-2-8-16-29)30-17-9-3-10-18-30)35(24-27-13-5-1-6-14-27)37(43)40-31-19-11-4-12-20-31/h1-3,5-10,13-18,21-23,31-32,35H,4,11-12,19-20,24-26H2,(H,40,43)/t35-/m0/s1. The summed E-state index contributed by atoms with van der Waals surface area (Å²) in [5.74, 6) is -0.367. The Morgan fingerprint density at radius 1 is 0.721 bits per heavy atom. The molecule has 0 bridgehead atoms. The van der Waals surface area contributed by atoms with Gasteiger partial charge in [0.15, 0.2) is 0 Å². The van der Waals surface area contributed by atoms with Crippen molar-refractivity contribution in [2.75, 3.05) is 0 Å². The SMILES string of the molecule is O=C(NC1CCCCC1)[C@H](Cc1ccccc1)N(Cc1ccc(Cl)c(Cl)c1)C(=O)CC(c1ccccc1)c1ccccc1. The van der Waals surface area contributed by atoms with Crippen LogP contribution in [-0.4, -0.2) is 28.8 Å². The molecule has 0 spiro atoms. The van der Waals surface area contributed by atoms with E-state index in [0.717, 1.165) is 47.9 Å². The number of halogens is 2. The van der Waals surface area contributed by atoms with E-state index >= 15 is 0 Å². The Kier molecular flexibility index (Phi) is 10.9. The lowest BCUT2D eigenvalue weighted by molar-refractivity contribution is -0.141. The highest BCUT2D eigenvalue weighted by atomic mass is 35.5. The zero-order valence-corrected chi connectivity index (χ0v) is 25.8. The molecule has 4 aromatic carbocycles. The van der Waals surface area contributed by atoms with Crippen LogP contribution >= 0.6 is 23.2 Å². The third kappa shape index (κ3) is 8.49. The van der Waals surface area contributed by atoms with E-state index in [1.54, 1.807) is 17.0 Å². The molecule has 0 heterocycles. The molecule has 0 aliphatic heterocycles. The zero-order valence-electron chi connectivity index (χ0n) is 24.3. The van der Waals surface area contributed by atoms with Crippen LogP contribution in [0.2, 0.25) is 10.0 Å². The van der Waals surface area contributed by atoms with Gasteiger partial charge < -0.3 is 10.2 Å². The van der Waals surface area contributed by atoms with E-state index < -0.39 is 6.04 Å². The number of amides is 2. The number of hydrogen-bond donors (Lipinski definition) is 1. The van der Waals surface area contributed by atoms with Crippen molar-refractivity contribution in [3.63, 3.8) is 0 Å². The fraction of sp³-hybridized carbons (Fsp3) is 0.297. The van der Waals surface area contributed by atoms with Crippen molar-refractivity contribution in [3.8, 4) is 0 Å². The molecule has 1 aliphatic rings. The number of nitrogens with one attached hydrogen (secondary N) is 1. The molecule has 5 rings (SSSR count). The summed E-state index contributed by atoms with van der Waals surface area (Å²) < 4.78 is 0. The number of hydrogen-bond acceptors (Lipinski definition) is 2. The normalized spacial score (nSPS) is 14.3. The van der Waals surface area contributed by atoms with Gasteiger partial charge in [0.25, 0.3) is 0 Å². The van der Waals surface area contributed by atoms with Gasteiger partial charge in [0.2, 0.25) is 11.8 Å². The lowest BCUT2D eigenvalue weighted by Gasteiger charge is -2.34. The first-order chi connectivity index (χ1) is 21.0. The topological polar surface area (TPSA) is 49.4 Å². The first-order valence-electron chi connectivity index (χ1n) is 15.2. The molecule has 1 aliphatic carbocycles. The number of carbonyl (C=O) groups is 2. The smallest absolute Gasteiger partial charge is 0.243 e. The molecular formula is C37H38Cl2N2O2. The summed E-state index contributed by atoms with van der Waals surface area (Å²) in [6.07, 6.45) is 5.97. The van der Waals surface area contributed by atoms with Gasteiger partial charge in [-0.15, -0.1) is 0 Å². The van der Waals surface area contributed by atoms with Gasteiger partial charge in [0.1, 0.15) is 6.04 Å². The molecule has 1 atom stereocenters. The average molecular weight is 614 g/mol. The van der Waals surface area contributed by atoms with Crippen LogP contribution in [0.25, 0.3) is 0 Å². The second-order valence-corrected chi connectivity index (χ2v) is 12.2. The molecule has 43 heavy (non-hydrogen) atoms. The van der Waals surface area contributed by atoms with Gasteiger partial charge in [-0.1, -0.05) is 140 Å². The zero-order chi connectivity index (χ0) is 30.0. The lowest BCUT2D eigenvalue weighted by Crippen LogP contribution is -2.53. The van der Waals surface area contributed by atoms with Gasteiger partial charge in [-0.05, 0) is 47.2 Å². The van der Waals surface area contributed by atoms with Gasteiger partial charge in [-0.2, -0.15) is 0 Å². The van der Waals surface area contributed by atoms with E-state index in [9.17, 15) is 9.59 Å². The van der Waals surface area contributed by atoms with E-state index in [1.165, 1.54) is 6.42 Å². The summed E-state index contributed by atoms with van der Waals surface area (Å²) in [5.41, 5.74) is 3.94. The number of nitrogens with zero attached hydrogens (tertiary/aromatic N) is 1. The Balaban J connectivity index is 1.52. The maximum absolute atomic E-state index is 14.6. The van der Waals surface area contributed by atoms with Crippen LogP contribution in [0, 0.1) is 0 Å². The summed E-state index contributed by atoms with van der Waals surface area (Å²) in [7, 11) is 0. The minimum atomic E-state index is -0.696. The molecule has 1 saturated carbocycles. The number of carbonyl (C=O) groups excluding carboxylic acids is 2. The molecule has 1 fully saturated rings. The van der Waals surface area contributed by atoms with Gasteiger partial charge in [-0.3, -0.25) is 9.59 Å². The van der Waals surface area contributed by atoms with Gasteiger partial charge in [0, 0.05) is 31.3 Å². The van der Waals surface area contributed by atoms with Crippen molar-refractivity contribution in [1.82, 2.24) is 10.2 Å². The van der Waals surface area contributed by atoms with Crippen molar-refractivity contribution in [3.05, 3.63) is 141 Å². The summed E-state index contributed by atoms with van der Waals surface area (Å²) >= 11 is 12.6. The molecule has 6 heteroatoms. The highest BCUT2D eigenvalue weighted by Gasteiger charge is 2.33. The van der Waals surface area contributed by atoms with E-state index in [1.807, 2.05) is 72.8 Å². The molecule has 1 N–H and O–H groups in total. The highest BCUT2D eigenvalue weighted by Crippen LogP contribution is 2.31. The summed E-state index contributed by atoms with van der Waals surface area (Å²) in [5, 5.41) is 4.19. The molecule has 0 saturated heterocycles. The molecule has 2 amide bonds. The van der Waals surface area contributed by atoms with E-state index in [2.05, 4.69) is 29.6 Å². The Hall–Kier alpha value is -3.60. The summed E-state index contributed by atoms with van der Waals surface area (Å²) in [4.78, 5) is 30.5. The number of rotatable bonds is 11. The molecule has 222 valence electrons. The van der Waals surface area contributed by atoms with Crippen molar-refractivity contribution < 1.29 is 9.59 Å². The predicted octanol–water partition coefficient (Wildman–Crippen LogP) is 8.60. The minimum Gasteiger partial charge on any atom is -0.352 e. The molecule has 0 unspecified atom stereocenters. The van der Waals surface area contributed by atoms with Crippen LogP contribution in [0.5, 0.6) is 0 Å². The Morgan fingerprint density at radius 3 is 1.88 bits per heavy atom. The highest BCUT2D eigenvalue weighted by molar-refractivity contribution is 6.42. The summed E-state index contributed by atoms with van der Waals surface area (Å²) in [6.45, 7) is 0.238. The molecule has 0 radical (unpaired) electrons. The maximum atomic E-state index is 14.6. The average Bonchev–Trinajstić information content (AvgIpc) is 3.05. The number of benzene rings is 4. The van der Waals surface area contributed by atoms with Gasteiger partial charge in [0.05, 0.1) is 10.0 Å². The Labute approximate surface area is 265 Å². The second kappa shape index (κ2) is 15.2. The van der Waals surface area contributed by atoms with Crippen molar-refractivity contribution in [2.45, 2.75) is 69.5 Å². The van der Waals surface area contributed by atoms with Crippen LogP contribution in [0.3, 0.4) is 0 Å². The quantitative estimate of drug-likeness (QED) is 0.184. The lowest BCUT2D eigenvalue weighted by atomic mass is 9.87. The first-order valence-corrected chi connectivity index (χ1v) is 15.9. The summed E-state index contributed by atoms with van der Waals surface area (Å²) in [6, 6.07) is 35.0. The molecular weight excluding hydrogens is 575 g/mol. The third-order valence-corrected chi connectivity index (χ3v) is 9.08. The Bertz CT molecular complexity index is 1440. The first kappa shape index (κ1) is 30.8. The fourth-order valence-corrected chi connectivity index (χ4v) is 6.34. The Morgan fingerprint density at radius 2 is 1.30 bits per heavy atom. The maximum Gasteiger partial charge on any atom is 0.243 e. The van der Waals surface area contributed by atoms with Crippen molar-refractivity contribution in [1.29, 1.82) is 0 Å². The van der Waals surface area contributed by atoms with Crippen molar-refractivity contribution in [2.24, 2.45) is 0 Å². The van der Waals surface area contributed by atoms with Gasteiger partial charge >= 0.3 is 0 Å². The fourth-order valence-electron chi connectivity index (χ4n) is 6.02. The van der Waals surface area contributed by atoms with Crippen LogP contribution in [0.15, 0.2) is 109 Å². The molecule has 4 aromatic rings. The molecule has 4 nitrogen and oxygen atoms in total. The van der Waals surface area contributed by atoms with Gasteiger partial charge in [-0.25, -0.2) is 0 Å². The minimum absolute atomic E-state index is 0.0940. The van der Waals surface area contributed by atoms with E-state index in [0.29, 0.717) is 16.5 Å². The molecule has 0 aromatic heterocycles. The largest absolute Gasteiger partial charge is 0.352 e. The van der Waals surface area contributed by atoms with E-state index in [4.69, 9.17) is 23.2 Å².